The number of ether oxygens (including phenoxy) is 1. The number of aromatic hydroxyl groups is 1. The molecule has 8 heteroatoms. The predicted octanol–water partition coefficient (Wildman–Crippen LogP) is 6.68. The van der Waals surface area contributed by atoms with Crippen molar-refractivity contribution in [1.29, 1.82) is 0 Å². The fraction of sp³-hybridized carbons (Fsp3) is 0.484. The SMILES string of the molecule is COC1CCN(CC2CCC(Nc3c(C(=O)C4CC4)cnc4ccc(-c5cc(F)c(O)c(Cl)c5)cc34)CC2)C1. The molecular formula is C31H35ClFN3O3. The summed E-state index contributed by atoms with van der Waals surface area (Å²) in [5.74, 6) is -0.422. The van der Waals surface area contributed by atoms with Gasteiger partial charge in [0.15, 0.2) is 17.3 Å². The van der Waals surface area contributed by atoms with E-state index in [0.717, 1.165) is 86.7 Å². The van der Waals surface area contributed by atoms with E-state index in [4.69, 9.17) is 16.3 Å². The van der Waals surface area contributed by atoms with Crippen molar-refractivity contribution >= 4 is 34.0 Å². The summed E-state index contributed by atoms with van der Waals surface area (Å²) < 4.78 is 19.8. The van der Waals surface area contributed by atoms with E-state index < -0.39 is 11.6 Å². The summed E-state index contributed by atoms with van der Waals surface area (Å²) in [5, 5.41) is 14.3. The number of fused-ring (bicyclic) bond motifs is 1. The minimum Gasteiger partial charge on any atom is -0.504 e. The highest BCUT2D eigenvalue weighted by Crippen LogP contribution is 2.40. The number of carbonyl (C=O) groups excluding carboxylic acids is 1. The van der Waals surface area contributed by atoms with E-state index in [9.17, 15) is 14.3 Å². The maximum atomic E-state index is 14.3. The molecule has 6 nitrogen and oxygen atoms in total. The molecule has 0 spiro atoms. The molecule has 3 fully saturated rings. The van der Waals surface area contributed by atoms with Crippen molar-refractivity contribution in [2.24, 2.45) is 11.8 Å². The molecule has 39 heavy (non-hydrogen) atoms. The average Bonchev–Trinajstić information content (AvgIpc) is 3.70. The van der Waals surface area contributed by atoms with Crippen LogP contribution in [0.25, 0.3) is 22.0 Å². The van der Waals surface area contributed by atoms with Crippen molar-refractivity contribution < 1.29 is 19.0 Å². The van der Waals surface area contributed by atoms with E-state index in [-0.39, 0.29) is 22.8 Å². The number of likely N-dealkylation sites (tertiary alicyclic amines) is 1. The fourth-order valence-electron chi connectivity index (χ4n) is 6.23. The van der Waals surface area contributed by atoms with Crippen LogP contribution in [0.4, 0.5) is 10.1 Å². The maximum Gasteiger partial charge on any atom is 0.170 e. The van der Waals surface area contributed by atoms with Gasteiger partial charge in [-0.1, -0.05) is 17.7 Å². The monoisotopic (exact) mass is 551 g/mol. The third-order valence-corrected chi connectivity index (χ3v) is 8.99. The second-order valence-electron chi connectivity index (χ2n) is 11.5. The van der Waals surface area contributed by atoms with E-state index in [2.05, 4.69) is 15.2 Å². The zero-order chi connectivity index (χ0) is 27.1. The van der Waals surface area contributed by atoms with Crippen LogP contribution < -0.4 is 5.32 Å². The molecule has 1 atom stereocenters. The Labute approximate surface area is 233 Å². The van der Waals surface area contributed by atoms with Gasteiger partial charge in [0.05, 0.1) is 27.9 Å². The van der Waals surface area contributed by atoms with Gasteiger partial charge in [0.2, 0.25) is 0 Å². The number of nitrogens with zero attached hydrogens (tertiary/aromatic N) is 2. The Kier molecular flexibility index (Phi) is 7.49. The molecule has 2 N–H and O–H groups in total. The molecule has 2 aromatic carbocycles. The normalized spacial score (nSPS) is 23.8. The third-order valence-electron chi connectivity index (χ3n) is 8.71. The van der Waals surface area contributed by atoms with Gasteiger partial charge in [-0.25, -0.2) is 4.39 Å². The summed E-state index contributed by atoms with van der Waals surface area (Å²) in [6.07, 6.45) is 9.44. The molecule has 1 unspecified atom stereocenters. The quantitative estimate of drug-likeness (QED) is 0.304. The number of aromatic nitrogens is 1. The van der Waals surface area contributed by atoms with Gasteiger partial charge < -0.3 is 20.1 Å². The molecule has 0 radical (unpaired) electrons. The van der Waals surface area contributed by atoms with Gasteiger partial charge in [-0.15, -0.1) is 0 Å². The number of anilines is 1. The molecule has 0 amide bonds. The van der Waals surface area contributed by atoms with Crippen molar-refractivity contribution in [2.75, 3.05) is 32.1 Å². The summed E-state index contributed by atoms with van der Waals surface area (Å²) >= 11 is 6.07. The van der Waals surface area contributed by atoms with Crippen LogP contribution in [0.5, 0.6) is 5.75 Å². The van der Waals surface area contributed by atoms with Gasteiger partial charge in [0, 0.05) is 50.3 Å². The number of pyridine rings is 1. The second-order valence-corrected chi connectivity index (χ2v) is 11.9. The Morgan fingerprint density at radius 3 is 2.62 bits per heavy atom. The molecule has 1 aromatic heterocycles. The van der Waals surface area contributed by atoms with Gasteiger partial charge in [-0.3, -0.25) is 9.78 Å². The van der Waals surface area contributed by atoms with E-state index in [1.807, 2.05) is 18.2 Å². The Morgan fingerprint density at radius 1 is 1.13 bits per heavy atom. The van der Waals surface area contributed by atoms with Crippen LogP contribution in [0, 0.1) is 17.7 Å². The Bertz CT molecular complexity index is 1360. The van der Waals surface area contributed by atoms with Crippen LogP contribution in [-0.2, 0) is 4.74 Å². The largest absolute Gasteiger partial charge is 0.504 e. The molecule has 6 rings (SSSR count). The zero-order valence-electron chi connectivity index (χ0n) is 22.3. The molecule has 2 heterocycles. The minimum atomic E-state index is -0.768. The number of rotatable bonds is 8. The first-order chi connectivity index (χ1) is 18.9. The Hall–Kier alpha value is -2.74. The van der Waals surface area contributed by atoms with Crippen molar-refractivity contribution in [3.05, 3.63) is 52.9 Å². The van der Waals surface area contributed by atoms with Gasteiger partial charge >= 0.3 is 0 Å². The molecule has 2 aliphatic carbocycles. The molecule has 3 aromatic rings. The summed E-state index contributed by atoms with van der Waals surface area (Å²) in [6.45, 7) is 3.28. The number of halogens is 2. The van der Waals surface area contributed by atoms with Crippen LogP contribution in [0.3, 0.4) is 0 Å². The number of phenolic OH excluding ortho intramolecular Hbond substituents is 1. The minimum absolute atomic E-state index is 0.0392. The van der Waals surface area contributed by atoms with Gasteiger partial charge in [0.25, 0.3) is 0 Å². The lowest BCUT2D eigenvalue weighted by Gasteiger charge is -2.32. The van der Waals surface area contributed by atoms with Gasteiger partial charge in [-0.2, -0.15) is 0 Å². The van der Waals surface area contributed by atoms with Crippen molar-refractivity contribution in [3.63, 3.8) is 0 Å². The number of ketones is 1. The zero-order valence-corrected chi connectivity index (χ0v) is 23.0. The summed E-state index contributed by atoms with van der Waals surface area (Å²) in [4.78, 5) is 20.5. The van der Waals surface area contributed by atoms with Crippen molar-refractivity contribution in [2.45, 2.75) is 57.1 Å². The lowest BCUT2D eigenvalue weighted by Crippen LogP contribution is -2.34. The summed E-state index contributed by atoms with van der Waals surface area (Å²) in [6, 6.07) is 8.80. The van der Waals surface area contributed by atoms with Gasteiger partial charge in [-0.05, 0) is 86.3 Å². The third kappa shape index (κ3) is 5.63. The van der Waals surface area contributed by atoms with Crippen LogP contribution in [0.15, 0.2) is 36.5 Å². The molecule has 2 saturated carbocycles. The second kappa shape index (κ2) is 11.0. The van der Waals surface area contributed by atoms with Crippen molar-refractivity contribution in [3.8, 4) is 16.9 Å². The molecule has 1 saturated heterocycles. The Balaban J connectivity index is 1.26. The highest BCUT2D eigenvalue weighted by atomic mass is 35.5. The lowest BCUT2D eigenvalue weighted by atomic mass is 9.85. The van der Waals surface area contributed by atoms with E-state index in [0.29, 0.717) is 23.1 Å². The Morgan fingerprint density at radius 2 is 1.92 bits per heavy atom. The standard InChI is InChI=1S/C31H35ClFN3O3/c1-39-23-10-11-36(17-23)16-18-2-7-22(8-3-18)35-29-24-12-20(21-13-26(32)31(38)27(33)14-21)6-9-28(24)34-15-25(29)30(37)19-4-5-19/h6,9,12-15,18-19,22-23,38H,2-5,7-8,10-11,16-17H2,1H3,(H,34,35). The number of phenols is 1. The van der Waals surface area contributed by atoms with Crippen LogP contribution in [-0.4, -0.2) is 59.7 Å². The highest BCUT2D eigenvalue weighted by Gasteiger charge is 2.34. The lowest BCUT2D eigenvalue weighted by molar-refractivity contribution is 0.0968. The number of hydrogen-bond acceptors (Lipinski definition) is 6. The summed E-state index contributed by atoms with van der Waals surface area (Å²) in [7, 11) is 1.80. The maximum absolute atomic E-state index is 14.3. The predicted molar refractivity (Wildman–Crippen MR) is 152 cm³/mol. The first-order valence-corrected chi connectivity index (χ1v) is 14.4. The molecular weight excluding hydrogens is 517 g/mol. The number of nitrogens with one attached hydrogen (secondary N) is 1. The average molecular weight is 552 g/mol. The number of Topliss-reactive ketones (excluding diaryl/α,β-unsaturated/α-hetero) is 1. The van der Waals surface area contributed by atoms with E-state index >= 15 is 0 Å². The van der Waals surface area contributed by atoms with Crippen LogP contribution in [0.1, 0.15) is 55.3 Å². The molecule has 1 aliphatic heterocycles. The van der Waals surface area contributed by atoms with Crippen LogP contribution in [0.2, 0.25) is 5.02 Å². The fourth-order valence-corrected chi connectivity index (χ4v) is 6.43. The van der Waals surface area contributed by atoms with Crippen LogP contribution >= 0.6 is 11.6 Å². The smallest absolute Gasteiger partial charge is 0.170 e. The number of carbonyl (C=O) groups is 1. The van der Waals surface area contributed by atoms with E-state index in [1.54, 1.807) is 19.4 Å². The molecule has 3 aliphatic rings. The highest BCUT2D eigenvalue weighted by molar-refractivity contribution is 6.32. The van der Waals surface area contributed by atoms with Crippen molar-refractivity contribution in [1.82, 2.24) is 9.88 Å². The van der Waals surface area contributed by atoms with E-state index in [1.165, 1.54) is 6.07 Å². The molecule has 206 valence electrons. The first kappa shape index (κ1) is 26.5. The van der Waals surface area contributed by atoms with Gasteiger partial charge in [0.1, 0.15) is 0 Å². The number of methoxy groups -OCH3 is 1. The topological polar surface area (TPSA) is 74.7 Å². The first-order valence-electron chi connectivity index (χ1n) is 14.1. The molecule has 0 bridgehead atoms. The summed E-state index contributed by atoms with van der Waals surface area (Å²) in [5.41, 5.74) is 3.54. The number of hydrogen-bond donors (Lipinski definition) is 2. The number of benzene rings is 2.